The highest BCUT2D eigenvalue weighted by atomic mass is 79.9. The fraction of sp³-hybridized carbons (Fsp3) is 0.500. The van der Waals surface area contributed by atoms with Gasteiger partial charge in [-0.05, 0) is 53.9 Å². The van der Waals surface area contributed by atoms with E-state index in [9.17, 15) is 0 Å². The van der Waals surface area contributed by atoms with E-state index in [0.29, 0.717) is 0 Å². The second kappa shape index (κ2) is 5.40. The largest absolute Gasteiger partial charge is 0.371 e. The molecule has 0 aliphatic rings. The maximum absolute atomic E-state index is 3.63. The Bertz CT molecular complexity index is 292. The van der Waals surface area contributed by atoms with E-state index in [1.54, 1.807) is 0 Å². The van der Waals surface area contributed by atoms with Gasteiger partial charge in [0.2, 0.25) is 0 Å². The van der Waals surface area contributed by atoms with Crippen LogP contribution in [0.5, 0.6) is 0 Å². The van der Waals surface area contributed by atoms with E-state index in [-0.39, 0.29) is 0 Å². The summed E-state index contributed by atoms with van der Waals surface area (Å²) in [5, 5.41) is 0. The topological polar surface area (TPSA) is 3.24 Å². The lowest BCUT2D eigenvalue weighted by Gasteiger charge is -2.22. The summed E-state index contributed by atoms with van der Waals surface area (Å²) in [5.41, 5.74) is 2.68. The van der Waals surface area contributed by atoms with E-state index in [0.717, 1.165) is 19.5 Å². The molecule has 0 atom stereocenters. The number of aryl methyl sites for hydroxylation is 1. The van der Waals surface area contributed by atoms with Crippen LogP contribution in [0.4, 0.5) is 5.69 Å². The van der Waals surface area contributed by atoms with Crippen LogP contribution in [0.3, 0.4) is 0 Å². The quantitative estimate of drug-likeness (QED) is 0.790. The van der Waals surface area contributed by atoms with Crippen LogP contribution in [0.2, 0.25) is 0 Å². The van der Waals surface area contributed by atoms with E-state index < -0.39 is 0 Å². The Hall–Kier alpha value is -0.500. The summed E-state index contributed by atoms with van der Waals surface area (Å²) in [6.07, 6.45) is 1.09. The first-order valence-electron chi connectivity index (χ1n) is 5.26. The lowest BCUT2D eigenvalue weighted by Crippen LogP contribution is -2.22. The second-order valence-electron chi connectivity index (χ2n) is 3.31. The van der Waals surface area contributed by atoms with Crippen molar-refractivity contribution in [1.29, 1.82) is 0 Å². The number of halogens is 1. The molecule has 0 saturated carbocycles. The third kappa shape index (κ3) is 2.50. The Morgan fingerprint density at radius 2 is 1.79 bits per heavy atom. The molecule has 0 saturated heterocycles. The van der Waals surface area contributed by atoms with Gasteiger partial charge in [0.15, 0.2) is 0 Å². The molecule has 0 amide bonds. The molecule has 1 aromatic rings. The molecule has 0 aliphatic heterocycles. The van der Waals surface area contributed by atoms with Crippen LogP contribution >= 0.6 is 15.9 Å². The van der Waals surface area contributed by atoms with Crippen molar-refractivity contribution in [3.8, 4) is 0 Å². The first kappa shape index (κ1) is 11.6. The second-order valence-corrected chi connectivity index (χ2v) is 4.17. The summed E-state index contributed by atoms with van der Waals surface area (Å²) < 4.78 is 1.21. The summed E-state index contributed by atoms with van der Waals surface area (Å²) in [6.45, 7) is 8.66. The van der Waals surface area contributed by atoms with Gasteiger partial charge in [0.1, 0.15) is 0 Å². The molecule has 0 radical (unpaired) electrons. The molecule has 1 aromatic carbocycles. The van der Waals surface area contributed by atoms with E-state index in [4.69, 9.17) is 0 Å². The lowest BCUT2D eigenvalue weighted by atomic mass is 10.1. The van der Waals surface area contributed by atoms with Crippen molar-refractivity contribution in [2.75, 3.05) is 18.0 Å². The van der Waals surface area contributed by atoms with Gasteiger partial charge in [0.25, 0.3) is 0 Å². The SMILES string of the molecule is CCc1ccc(N(CC)CC)c(Br)c1. The van der Waals surface area contributed by atoms with E-state index in [1.165, 1.54) is 15.7 Å². The zero-order valence-electron chi connectivity index (χ0n) is 9.18. The minimum atomic E-state index is 1.06. The fourth-order valence-electron chi connectivity index (χ4n) is 1.59. The van der Waals surface area contributed by atoms with Gasteiger partial charge in [0.05, 0.1) is 5.69 Å². The molecule has 0 unspecified atom stereocenters. The van der Waals surface area contributed by atoms with E-state index in [1.807, 2.05) is 0 Å². The summed E-state index contributed by atoms with van der Waals surface area (Å²) in [4.78, 5) is 2.35. The Balaban J connectivity index is 2.98. The predicted molar refractivity (Wildman–Crippen MR) is 67.1 cm³/mol. The number of benzene rings is 1. The third-order valence-corrected chi connectivity index (χ3v) is 3.16. The smallest absolute Gasteiger partial charge is 0.0510 e. The highest BCUT2D eigenvalue weighted by Crippen LogP contribution is 2.27. The Labute approximate surface area is 95.2 Å². The molecule has 0 heterocycles. The molecule has 0 fully saturated rings. The van der Waals surface area contributed by atoms with Crippen molar-refractivity contribution in [2.24, 2.45) is 0 Å². The van der Waals surface area contributed by atoms with Crippen LogP contribution in [-0.4, -0.2) is 13.1 Å². The van der Waals surface area contributed by atoms with Crippen LogP contribution < -0.4 is 4.90 Å². The fourth-order valence-corrected chi connectivity index (χ4v) is 2.27. The van der Waals surface area contributed by atoms with Gasteiger partial charge >= 0.3 is 0 Å². The first-order chi connectivity index (χ1) is 6.72. The summed E-state index contributed by atoms with van der Waals surface area (Å²) >= 11 is 3.63. The van der Waals surface area contributed by atoms with Crippen molar-refractivity contribution in [2.45, 2.75) is 27.2 Å². The first-order valence-corrected chi connectivity index (χ1v) is 6.05. The molecular weight excluding hydrogens is 238 g/mol. The third-order valence-electron chi connectivity index (χ3n) is 2.52. The zero-order valence-corrected chi connectivity index (χ0v) is 10.8. The van der Waals surface area contributed by atoms with Crippen molar-refractivity contribution >= 4 is 21.6 Å². The minimum absolute atomic E-state index is 1.06. The van der Waals surface area contributed by atoms with E-state index in [2.05, 4.69) is 59.8 Å². The molecule has 1 nitrogen and oxygen atoms in total. The Morgan fingerprint density at radius 1 is 1.14 bits per heavy atom. The molecule has 0 spiro atoms. The van der Waals surface area contributed by atoms with Gasteiger partial charge in [0, 0.05) is 17.6 Å². The van der Waals surface area contributed by atoms with Crippen molar-refractivity contribution < 1.29 is 0 Å². The van der Waals surface area contributed by atoms with Crippen molar-refractivity contribution in [3.05, 3.63) is 28.2 Å². The normalized spacial score (nSPS) is 10.3. The molecule has 0 N–H and O–H groups in total. The maximum atomic E-state index is 3.63. The van der Waals surface area contributed by atoms with Gasteiger partial charge in [-0.15, -0.1) is 0 Å². The zero-order chi connectivity index (χ0) is 10.6. The van der Waals surface area contributed by atoms with Crippen molar-refractivity contribution in [1.82, 2.24) is 0 Å². The molecule has 78 valence electrons. The van der Waals surface area contributed by atoms with Crippen LogP contribution in [-0.2, 0) is 6.42 Å². The van der Waals surface area contributed by atoms with Gasteiger partial charge in [-0.3, -0.25) is 0 Å². The highest BCUT2D eigenvalue weighted by molar-refractivity contribution is 9.10. The average molecular weight is 256 g/mol. The number of anilines is 1. The minimum Gasteiger partial charge on any atom is -0.371 e. The molecule has 1 rings (SSSR count). The number of rotatable bonds is 4. The standard InChI is InChI=1S/C12H18BrN/c1-4-10-7-8-12(11(13)9-10)14(5-2)6-3/h7-9H,4-6H2,1-3H3. The van der Waals surface area contributed by atoms with Gasteiger partial charge < -0.3 is 4.90 Å². The Kier molecular flexibility index (Phi) is 4.46. The van der Waals surface area contributed by atoms with Crippen LogP contribution in [0.15, 0.2) is 22.7 Å². The maximum Gasteiger partial charge on any atom is 0.0510 e. The predicted octanol–water partition coefficient (Wildman–Crippen LogP) is 3.86. The van der Waals surface area contributed by atoms with Crippen LogP contribution in [0.1, 0.15) is 26.3 Å². The van der Waals surface area contributed by atoms with Gasteiger partial charge in [-0.1, -0.05) is 13.0 Å². The summed E-state index contributed by atoms with van der Waals surface area (Å²) in [7, 11) is 0. The molecule has 2 heteroatoms. The lowest BCUT2D eigenvalue weighted by molar-refractivity contribution is 0.863. The molecule has 0 aliphatic carbocycles. The number of nitrogens with zero attached hydrogens (tertiary/aromatic N) is 1. The molecular formula is C12H18BrN. The monoisotopic (exact) mass is 255 g/mol. The average Bonchev–Trinajstić information content (AvgIpc) is 2.22. The van der Waals surface area contributed by atoms with Crippen LogP contribution in [0.25, 0.3) is 0 Å². The van der Waals surface area contributed by atoms with E-state index >= 15 is 0 Å². The number of hydrogen-bond acceptors (Lipinski definition) is 1. The van der Waals surface area contributed by atoms with Crippen LogP contribution in [0, 0.1) is 0 Å². The van der Waals surface area contributed by atoms with Crippen molar-refractivity contribution in [3.63, 3.8) is 0 Å². The number of hydrogen-bond donors (Lipinski definition) is 0. The summed E-state index contributed by atoms with van der Waals surface area (Å²) in [6, 6.07) is 6.63. The molecule has 0 bridgehead atoms. The Morgan fingerprint density at radius 3 is 2.21 bits per heavy atom. The molecule has 14 heavy (non-hydrogen) atoms. The molecule has 0 aromatic heterocycles. The van der Waals surface area contributed by atoms with Gasteiger partial charge in [-0.2, -0.15) is 0 Å². The highest BCUT2D eigenvalue weighted by Gasteiger charge is 2.06. The van der Waals surface area contributed by atoms with Gasteiger partial charge in [-0.25, -0.2) is 0 Å². The summed E-state index contributed by atoms with van der Waals surface area (Å²) in [5.74, 6) is 0.